The average Bonchev–Trinajstić information content (AvgIpc) is 2.34. The highest BCUT2D eigenvalue weighted by molar-refractivity contribution is 7.98. The Labute approximate surface area is 109 Å². The van der Waals surface area contributed by atoms with Crippen molar-refractivity contribution in [3.8, 4) is 0 Å². The molecule has 0 radical (unpaired) electrons. The fourth-order valence-electron chi connectivity index (χ4n) is 1.38. The van der Waals surface area contributed by atoms with Gasteiger partial charge in [-0.05, 0) is 24.2 Å². The van der Waals surface area contributed by atoms with Gasteiger partial charge in [-0.2, -0.15) is 11.8 Å². The maximum absolute atomic E-state index is 10.5. The summed E-state index contributed by atoms with van der Waals surface area (Å²) in [5.41, 5.74) is 1.15. The lowest BCUT2D eigenvalue weighted by atomic mass is 10.2. The molecule has 0 fully saturated rings. The van der Waals surface area contributed by atoms with Gasteiger partial charge >= 0.3 is 5.97 Å². The molecule has 0 spiro atoms. The Kier molecular flexibility index (Phi) is 6.21. The van der Waals surface area contributed by atoms with Gasteiger partial charge in [-0.15, -0.1) is 0 Å². The van der Waals surface area contributed by atoms with Crippen LogP contribution in [0.3, 0.4) is 0 Å². The summed E-state index contributed by atoms with van der Waals surface area (Å²) in [6, 6.07) is 6.51. The van der Waals surface area contributed by atoms with Crippen LogP contribution in [-0.4, -0.2) is 21.8 Å². The van der Waals surface area contributed by atoms with Gasteiger partial charge in [-0.1, -0.05) is 12.1 Å². The second-order valence-corrected chi connectivity index (χ2v) is 4.93. The number of nitro benzene ring substituents is 1. The lowest BCUT2D eigenvalue weighted by Crippen LogP contribution is -1.94. The third-order valence-corrected chi connectivity index (χ3v) is 3.46. The minimum atomic E-state index is -0.754. The third kappa shape index (κ3) is 5.67. The Balaban J connectivity index is 2.19. The number of carboxylic acids is 1. The summed E-state index contributed by atoms with van der Waals surface area (Å²) in [5.74, 6) is 0.949. The van der Waals surface area contributed by atoms with E-state index in [-0.39, 0.29) is 12.1 Å². The van der Waals surface area contributed by atoms with E-state index in [0.29, 0.717) is 6.42 Å². The first-order valence-corrected chi connectivity index (χ1v) is 6.78. The molecule has 0 aliphatic carbocycles. The van der Waals surface area contributed by atoms with Crippen LogP contribution in [0.1, 0.15) is 24.8 Å². The van der Waals surface area contributed by atoms with E-state index in [2.05, 4.69) is 0 Å². The molecule has 6 heteroatoms. The molecule has 1 N–H and O–H groups in total. The van der Waals surface area contributed by atoms with Gasteiger partial charge in [0.1, 0.15) is 0 Å². The summed E-state index contributed by atoms with van der Waals surface area (Å²) in [6.45, 7) is 0. The molecule has 0 bridgehead atoms. The molecule has 1 aromatic rings. The fraction of sp³-hybridized carbons (Fsp3) is 0.417. The van der Waals surface area contributed by atoms with Crippen molar-refractivity contribution in [3.05, 3.63) is 39.9 Å². The van der Waals surface area contributed by atoms with Crippen LogP contribution in [0.15, 0.2) is 24.3 Å². The molecule has 98 valence electrons. The van der Waals surface area contributed by atoms with Crippen molar-refractivity contribution in [3.63, 3.8) is 0 Å². The predicted molar refractivity (Wildman–Crippen MR) is 70.7 cm³/mol. The molecule has 0 saturated heterocycles. The summed E-state index contributed by atoms with van der Waals surface area (Å²) >= 11 is 1.71. The van der Waals surface area contributed by atoms with Gasteiger partial charge < -0.3 is 5.11 Å². The van der Waals surface area contributed by atoms with Gasteiger partial charge in [0, 0.05) is 24.3 Å². The number of aliphatic carboxylic acids is 1. The number of benzene rings is 1. The lowest BCUT2D eigenvalue weighted by Gasteiger charge is -2.01. The van der Waals surface area contributed by atoms with E-state index in [1.165, 1.54) is 12.1 Å². The largest absolute Gasteiger partial charge is 0.481 e. The lowest BCUT2D eigenvalue weighted by molar-refractivity contribution is -0.384. The van der Waals surface area contributed by atoms with Crippen molar-refractivity contribution in [1.82, 2.24) is 0 Å². The maximum Gasteiger partial charge on any atom is 0.303 e. The first-order chi connectivity index (χ1) is 8.59. The molecular formula is C12H15NO4S. The minimum Gasteiger partial charge on any atom is -0.481 e. The quantitative estimate of drug-likeness (QED) is 0.445. The smallest absolute Gasteiger partial charge is 0.303 e. The number of hydrogen-bond acceptors (Lipinski definition) is 4. The first-order valence-electron chi connectivity index (χ1n) is 5.62. The van der Waals surface area contributed by atoms with Crippen LogP contribution in [0.4, 0.5) is 5.69 Å². The highest BCUT2D eigenvalue weighted by Crippen LogP contribution is 2.17. The zero-order valence-corrected chi connectivity index (χ0v) is 10.7. The molecule has 0 aromatic heterocycles. The van der Waals surface area contributed by atoms with E-state index in [1.54, 1.807) is 23.9 Å². The van der Waals surface area contributed by atoms with Crippen molar-refractivity contribution in [2.24, 2.45) is 0 Å². The van der Waals surface area contributed by atoms with Gasteiger partial charge in [0.2, 0.25) is 0 Å². The number of unbranched alkanes of at least 4 members (excludes halogenated alkanes) is 1. The van der Waals surface area contributed by atoms with E-state index >= 15 is 0 Å². The molecule has 0 heterocycles. The molecule has 5 nitrogen and oxygen atoms in total. The second kappa shape index (κ2) is 7.71. The van der Waals surface area contributed by atoms with E-state index in [0.717, 1.165) is 23.5 Å². The van der Waals surface area contributed by atoms with Gasteiger partial charge in [0.05, 0.1) is 4.92 Å². The molecule has 1 aromatic carbocycles. The molecule has 0 atom stereocenters. The Bertz CT molecular complexity index is 405. The first kappa shape index (κ1) is 14.5. The van der Waals surface area contributed by atoms with Crippen molar-refractivity contribution in [1.29, 1.82) is 0 Å². The van der Waals surface area contributed by atoms with Crippen LogP contribution in [0, 0.1) is 10.1 Å². The number of carboxylic acid groups (broad SMARTS) is 1. The van der Waals surface area contributed by atoms with Gasteiger partial charge in [-0.3, -0.25) is 14.9 Å². The number of rotatable bonds is 8. The van der Waals surface area contributed by atoms with E-state index in [9.17, 15) is 14.9 Å². The van der Waals surface area contributed by atoms with Crippen molar-refractivity contribution >= 4 is 23.4 Å². The molecule has 1 rings (SSSR count). The number of carbonyl (C=O) groups is 1. The molecule has 18 heavy (non-hydrogen) atoms. The summed E-state index contributed by atoms with van der Waals surface area (Å²) < 4.78 is 0. The zero-order chi connectivity index (χ0) is 13.4. The van der Waals surface area contributed by atoms with E-state index in [4.69, 9.17) is 5.11 Å². The molecule has 0 aliphatic rings. The number of thioether (sulfide) groups is 1. The van der Waals surface area contributed by atoms with E-state index < -0.39 is 10.9 Å². The number of non-ortho nitro benzene ring substituents is 1. The zero-order valence-electron chi connectivity index (χ0n) is 9.87. The average molecular weight is 269 g/mol. The predicted octanol–water partition coefficient (Wildman–Crippen LogP) is 3.08. The number of nitrogens with zero attached hydrogens (tertiary/aromatic N) is 1. The van der Waals surface area contributed by atoms with Crippen molar-refractivity contribution in [2.75, 3.05) is 5.75 Å². The summed E-state index contributed by atoms with van der Waals surface area (Å²) in [6.07, 6.45) is 1.80. The normalized spacial score (nSPS) is 10.2. The van der Waals surface area contributed by atoms with Crippen molar-refractivity contribution < 1.29 is 14.8 Å². The minimum absolute atomic E-state index is 0.102. The van der Waals surface area contributed by atoms with Gasteiger partial charge in [0.15, 0.2) is 0 Å². The van der Waals surface area contributed by atoms with E-state index in [1.807, 2.05) is 0 Å². The van der Waals surface area contributed by atoms with Gasteiger partial charge in [0.25, 0.3) is 5.69 Å². The van der Waals surface area contributed by atoms with Crippen LogP contribution in [0.25, 0.3) is 0 Å². The van der Waals surface area contributed by atoms with Crippen LogP contribution in [0.2, 0.25) is 0 Å². The second-order valence-electron chi connectivity index (χ2n) is 3.83. The monoisotopic (exact) mass is 269 g/mol. The van der Waals surface area contributed by atoms with Crippen LogP contribution < -0.4 is 0 Å². The standard InChI is InChI=1S/C12H15NO4S/c14-12(15)3-1-2-8-18-9-10-4-6-11(7-5-10)13(16)17/h4-7H,1-3,8-9H2,(H,14,15). The Morgan fingerprint density at radius 3 is 2.50 bits per heavy atom. The molecular weight excluding hydrogens is 254 g/mol. The third-order valence-electron chi connectivity index (χ3n) is 2.35. The van der Waals surface area contributed by atoms with Crippen LogP contribution in [0.5, 0.6) is 0 Å². The highest BCUT2D eigenvalue weighted by atomic mass is 32.2. The van der Waals surface area contributed by atoms with Crippen molar-refractivity contribution in [2.45, 2.75) is 25.0 Å². The summed E-state index contributed by atoms with van der Waals surface area (Å²) in [4.78, 5) is 20.3. The Morgan fingerprint density at radius 1 is 1.28 bits per heavy atom. The summed E-state index contributed by atoms with van der Waals surface area (Å²) in [5, 5.41) is 18.9. The number of nitro groups is 1. The number of hydrogen-bond donors (Lipinski definition) is 1. The van der Waals surface area contributed by atoms with Gasteiger partial charge in [-0.25, -0.2) is 0 Å². The summed E-state index contributed by atoms with van der Waals surface area (Å²) in [7, 11) is 0. The molecule has 0 aliphatic heterocycles. The Morgan fingerprint density at radius 2 is 1.94 bits per heavy atom. The van der Waals surface area contributed by atoms with Crippen LogP contribution in [-0.2, 0) is 10.5 Å². The topological polar surface area (TPSA) is 80.4 Å². The molecule has 0 saturated carbocycles. The molecule has 0 unspecified atom stereocenters. The highest BCUT2D eigenvalue weighted by Gasteiger charge is 2.03. The maximum atomic E-state index is 10.5. The molecule has 0 amide bonds. The SMILES string of the molecule is O=C(O)CCCCSCc1ccc([N+](=O)[O-])cc1. The van der Waals surface area contributed by atoms with Crippen LogP contribution >= 0.6 is 11.8 Å². The fourth-order valence-corrected chi connectivity index (χ4v) is 2.36. The Hall–Kier alpha value is -1.56.